The number of H-pyrrole nitrogens is 1. The molecule has 0 amide bonds. The maximum absolute atomic E-state index is 5.69. The smallest absolute Gasteiger partial charge is 0.224 e. The van der Waals surface area contributed by atoms with Gasteiger partial charge in [0.05, 0.1) is 5.39 Å². The lowest BCUT2D eigenvalue weighted by Gasteiger charge is -1.97. The lowest BCUT2D eigenvalue weighted by Crippen LogP contribution is -2.00. The van der Waals surface area contributed by atoms with Gasteiger partial charge >= 0.3 is 0 Å². The molecule has 0 saturated carbocycles. The zero-order valence-corrected chi connectivity index (χ0v) is 7.20. The van der Waals surface area contributed by atoms with Crippen LogP contribution in [0.25, 0.3) is 11.0 Å². The van der Waals surface area contributed by atoms with Crippen LogP contribution in [-0.4, -0.2) is 20.2 Å². The first kappa shape index (κ1) is 7.78. The molecule has 0 bridgehead atoms. The maximum Gasteiger partial charge on any atom is 0.224 e. The summed E-state index contributed by atoms with van der Waals surface area (Å²) < 4.78 is 0. The Balaban J connectivity index is 2.82. The first-order chi connectivity index (χ1) is 6.22. The van der Waals surface area contributed by atoms with E-state index in [2.05, 4.69) is 20.2 Å². The molecule has 0 aliphatic heterocycles. The molecule has 0 saturated heterocycles. The highest BCUT2D eigenvalue weighted by molar-refractivity contribution is 5.88. The van der Waals surface area contributed by atoms with Crippen LogP contribution in [0.1, 0.15) is 12.6 Å². The molecule has 0 fully saturated rings. The molecule has 0 unspecified atom stereocenters. The summed E-state index contributed by atoms with van der Waals surface area (Å²) in [6.07, 6.45) is 0.813. The summed E-state index contributed by atoms with van der Waals surface area (Å²) >= 11 is 0. The van der Waals surface area contributed by atoms with E-state index in [1.54, 1.807) is 0 Å². The second kappa shape index (κ2) is 2.58. The number of nitrogens with one attached hydrogen (secondary N) is 1. The van der Waals surface area contributed by atoms with E-state index in [0.29, 0.717) is 11.5 Å². The molecule has 6 heteroatoms. The molecule has 0 aromatic carbocycles. The van der Waals surface area contributed by atoms with Crippen molar-refractivity contribution < 1.29 is 0 Å². The Bertz CT molecular complexity index is 445. The molecule has 6 nitrogen and oxygen atoms in total. The molecule has 2 aromatic heterocycles. The highest BCUT2D eigenvalue weighted by Gasteiger charge is 2.10. The highest BCUT2D eigenvalue weighted by atomic mass is 15.2. The third-order valence-corrected chi connectivity index (χ3v) is 1.89. The molecule has 13 heavy (non-hydrogen) atoms. The molecule has 0 aliphatic carbocycles. The molecule has 5 N–H and O–H groups in total. The Morgan fingerprint density at radius 1 is 1.31 bits per heavy atom. The summed E-state index contributed by atoms with van der Waals surface area (Å²) in [7, 11) is 0. The number of hydrogen-bond acceptors (Lipinski definition) is 5. The van der Waals surface area contributed by atoms with Crippen LogP contribution in [0, 0.1) is 0 Å². The summed E-state index contributed by atoms with van der Waals surface area (Å²) in [6.45, 7) is 2.00. The Morgan fingerprint density at radius 2 is 2.08 bits per heavy atom. The monoisotopic (exact) mass is 178 g/mol. The van der Waals surface area contributed by atoms with Crippen molar-refractivity contribution in [3.05, 3.63) is 5.69 Å². The summed E-state index contributed by atoms with van der Waals surface area (Å²) in [5, 5.41) is 7.59. The van der Waals surface area contributed by atoms with Gasteiger partial charge in [-0.2, -0.15) is 15.1 Å². The minimum absolute atomic E-state index is 0.152. The van der Waals surface area contributed by atoms with Gasteiger partial charge in [0.1, 0.15) is 5.82 Å². The Morgan fingerprint density at radius 3 is 2.77 bits per heavy atom. The summed E-state index contributed by atoms with van der Waals surface area (Å²) in [5.74, 6) is 0.534. The number of anilines is 2. The molecule has 2 aromatic rings. The fraction of sp³-hybridized carbons (Fsp3) is 0.286. The van der Waals surface area contributed by atoms with Gasteiger partial charge in [0.15, 0.2) is 5.65 Å². The fourth-order valence-electron chi connectivity index (χ4n) is 1.29. The molecule has 0 atom stereocenters. The molecular weight excluding hydrogens is 168 g/mol. The normalized spacial score (nSPS) is 10.8. The second-order valence-electron chi connectivity index (χ2n) is 2.72. The van der Waals surface area contributed by atoms with E-state index in [4.69, 9.17) is 11.5 Å². The van der Waals surface area contributed by atoms with E-state index < -0.39 is 0 Å². The van der Waals surface area contributed by atoms with E-state index in [1.807, 2.05) is 6.92 Å². The lowest BCUT2D eigenvalue weighted by atomic mass is 10.2. The lowest BCUT2D eigenvalue weighted by molar-refractivity contribution is 0.984. The summed E-state index contributed by atoms with van der Waals surface area (Å²) in [4.78, 5) is 7.82. The Labute approximate surface area is 74.4 Å². The van der Waals surface area contributed by atoms with Crippen molar-refractivity contribution in [1.29, 1.82) is 0 Å². The van der Waals surface area contributed by atoms with Crippen LogP contribution < -0.4 is 11.5 Å². The Kier molecular flexibility index (Phi) is 1.54. The van der Waals surface area contributed by atoms with Gasteiger partial charge in [-0.1, -0.05) is 6.92 Å². The number of nitrogens with zero attached hydrogens (tertiary/aromatic N) is 3. The number of rotatable bonds is 1. The largest absolute Gasteiger partial charge is 0.383 e. The van der Waals surface area contributed by atoms with Crippen molar-refractivity contribution in [3.63, 3.8) is 0 Å². The number of nitrogen functional groups attached to an aromatic ring is 2. The van der Waals surface area contributed by atoms with Crippen LogP contribution in [0.5, 0.6) is 0 Å². The SMILES string of the molecule is CCc1[nH]nc2nc(N)nc(N)c12. The third kappa shape index (κ3) is 1.07. The summed E-state index contributed by atoms with van der Waals surface area (Å²) in [6, 6.07) is 0. The quantitative estimate of drug-likeness (QED) is 0.573. The van der Waals surface area contributed by atoms with E-state index >= 15 is 0 Å². The van der Waals surface area contributed by atoms with Crippen molar-refractivity contribution in [2.75, 3.05) is 11.5 Å². The van der Waals surface area contributed by atoms with Gasteiger partial charge in [-0.05, 0) is 6.42 Å². The van der Waals surface area contributed by atoms with Gasteiger partial charge in [0, 0.05) is 5.69 Å². The Hall–Kier alpha value is -1.85. The van der Waals surface area contributed by atoms with Crippen molar-refractivity contribution >= 4 is 22.8 Å². The molecule has 2 rings (SSSR count). The van der Waals surface area contributed by atoms with E-state index in [0.717, 1.165) is 17.5 Å². The average molecular weight is 178 g/mol. The number of hydrogen-bond donors (Lipinski definition) is 3. The van der Waals surface area contributed by atoms with Crippen LogP contribution in [0.2, 0.25) is 0 Å². The van der Waals surface area contributed by atoms with Gasteiger partial charge < -0.3 is 11.5 Å². The highest BCUT2D eigenvalue weighted by Crippen LogP contribution is 2.20. The van der Waals surface area contributed by atoms with Crippen molar-refractivity contribution in [1.82, 2.24) is 20.2 Å². The molecule has 0 radical (unpaired) electrons. The van der Waals surface area contributed by atoms with Gasteiger partial charge in [-0.15, -0.1) is 0 Å². The first-order valence-corrected chi connectivity index (χ1v) is 3.98. The third-order valence-electron chi connectivity index (χ3n) is 1.89. The number of fused-ring (bicyclic) bond motifs is 1. The predicted molar refractivity (Wildman–Crippen MR) is 49.9 cm³/mol. The molecular formula is C7H10N6. The first-order valence-electron chi connectivity index (χ1n) is 3.98. The zero-order valence-electron chi connectivity index (χ0n) is 7.20. The van der Waals surface area contributed by atoms with Crippen LogP contribution >= 0.6 is 0 Å². The average Bonchev–Trinajstić information content (AvgIpc) is 2.47. The fourth-order valence-corrected chi connectivity index (χ4v) is 1.29. The number of aromatic nitrogens is 4. The van der Waals surface area contributed by atoms with E-state index in [1.165, 1.54) is 0 Å². The van der Waals surface area contributed by atoms with Crippen molar-refractivity contribution in [2.24, 2.45) is 0 Å². The van der Waals surface area contributed by atoms with Gasteiger partial charge in [-0.25, -0.2) is 0 Å². The minimum Gasteiger partial charge on any atom is -0.383 e. The van der Waals surface area contributed by atoms with Crippen LogP contribution in [-0.2, 0) is 6.42 Å². The minimum atomic E-state index is 0.152. The van der Waals surface area contributed by atoms with Crippen LogP contribution in [0.3, 0.4) is 0 Å². The summed E-state index contributed by atoms with van der Waals surface area (Å²) in [5.41, 5.74) is 12.6. The van der Waals surface area contributed by atoms with Crippen LogP contribution in [0.4, 0.5) is 11.8 Å². The molecule has 68 valence electrons. The van der Waals surface area contributed by atoms with Crippen molar-refractivity contribution in [3.8, 4) is 0 Å². The zero-order chi connectivity index (χ0) is 9.42. The second-order valence-corrected chi connectivity index (χ2v) is 2.72. The van der Waals surface area contributed by atoms with Crippen LogP contribution in [0.15, 0.2) is 0 Å². The van der Waals surface area contributed by atoms with E-state index in [-0.39, 0.29) is 5.95 Å². The standard InChI is InChI=1S/C7H10N6/c1-2-3-4-5(8)10-7(9)11-6(4)13-12-3/h2H2,1H3,(H5,8,9,10,11,12,13). The number of aromatic amines is 1. The molecule has 0 aliphatic rings. The van der Waals surface area contributed by atoms with Gasteiger partial charge in [-0.3, -0.25) is 5.10 Å². The molecule has 2 heterocycles. The van der Waals surface area contributed by atoms with E-state index in [9.17, 15) is 0 Å². The molecule has 0 spiro atoms. The van der Waals surface area contributed by atoms with Crippen molar-refractivity contribution in [2.45, 2.75) is 13.3 Å². The van der Waals surface area contributed by atoms with Gasteiger partial charge in [0.25, 0.3) is 0 Å². The predicted octanol–water partition coefficient (Wildman–Crippen LogP) is 0.0797. The van der Waals surface area contributed by atoms with Gasteiger partial charge in [0.2, 0.25) is 5.95 Å². The topological polar surface area (TPSA) is 106 Å². The number of nitrogens with two attached hydrogens (primary N) is 2. The number of aryl methyl sites for hydroxylation is 1. The maximum atomic E-state index is 5.69.